The van der Waals surface area contributed by atoms with Crippen molar-refractivity contribution in [3.63, 3.8) is 0 Å². The summed E-state index contributed by atoms with van der Waals surface area (Å²) < 4.78 is 15.9. The van der Waals surface area contributed by atoms with Crippen LogP contribution in [-0.4, -0.2) is 63.0 Å². The summed E-state index contributed by atoms with van der Waals surface area (Å²) in [5, 5.41) is 3.46. The number of hydrogen-bond donors (Lipinski definition) is 1. The molecule has 0 spiro atoms. The first-order valence-corrected chi connectivity index (χ1v) is 8.60. The highest BCUT2D eigenvalue weighted by molar-refractivity contribution is 6.32. The van der Waals surface area contributed by atoms with Crippen molar-refractivity contribution in [1.29, 1.82) is 0 Å². The van der Waals surface area contributed by atoms with Crippen molar-refractivity contribution < 1.29 is 23.8 Å². The van der Waals surface area contributed by atoms with Crippen LogP contribution in [-0.2, 0) is 20.7 Å². The van der Waals surface area contributed by atoms with Crippen molar-refractivity contribution in [2.24, 2.45) is 0 Å². The molecule has 1 N–H and O–H groups in total. The van der Waals surface area contributed by atoms with Crippen LogP contribution < -0.4 is 10.1 Å². The Morgan fingerprint density at radius 3 is 2.88 bits per heavy atom. The Morgan fingerprint density at radius 2 is 2.28 bits per heavy atom. The molecule has 1 aliphatic heterocycles. The number of rotatable bonds is 9. The second kappa shape index (κ2) is 9.60. The molecule has 0 radical (unpaired) electrons. The minimum Gasteiger partial charge on any atom is -0.491 e. The molecule has 1 aromatic rings. The Balaban J connectivity index is 2.04. The lowest BCUT2D eigenvalue weighted by molar-refractivity contribution is -0.139. The summed E-state index contributed by atoms with van der Waals surface area (Å²) in [4.78, 5) is 25.2. The smallest absolute Gasteiger partial charge is 0.416 e. The summed E-state index contributed by atoms with van der Waals surface area (Å²) in [6.07, 6.45) is -1.07. The Hall–Kier alpha value is -1.83. The van der Waals surface area contributed by atoms with Gasteiger partial charge in [-0.2, -0.15) is 0 Å². The molecule has 7 nitrogen and oxygen atoms in total. The van der Waals surface area contributed by atoms with Gasteiger partial charge in [-0.3, -0.25) is 4.79 Å². The first-order chi connectivity index (χ1) is 12.1. The molecule has 1 heterocycles. The van der Waals surface area contributed by atoms with Gasteiger partial charge in [0.05, 0.1) is 11.6 Å². The molecule has 1 saturated heterocycles. The fourth-order valence-electron chi connectivity index (χ4n) is 2.45. The predicted molar refractivity (Wildman–Crippen MR) is 93.1 cm³/mol. The topological polar surface area (TPSA) is 77.1 Å². The van der Waals surface area contributed by atoms with E-state index in [1.54, 1.807) is 19.1 Å². The highest BCUT2D eigenvalue weighted by Gasteiger charge is 2.34. The first kappa shape index (κ1) is 19.5. The van der Waals surface area contributed by atoms with Crippen LogP contribution in [0.3, 0.4) is 0 Å². The standard InChI is InChI=1S/C17H23ClN2O5/c1-3-23-15(16(21)20-7-9-25-17(20)22)11-12-4-5-14(13(18)10-12)24-8-6-19-2/h4-5,10,15,19H,3,6-9,11H2,1-2H3. The van der Waals surface area contributed by atoms with E-state index in [1.807, 2.05) is 13.1 Å². The maximum absolute atomic E-state index is 12.5. The second-order valence-electron chi connectivity index (χ2n) is 5.47. The molecule has 2 amide bonds. The van der Waals surface area contributed by atoms with Gasteiger partial charge in [-0.15, -0.1) is 0 Å². The van der Waals surface area contributed by atoms with Crippen molar-refractivity contribution in [1.82, 2.24) is 10.2 Å². The van der Waals surface area contributed by atoms with Gasteiger partial charge in [0.15, 0.2) is 0 Å². The molecule has 0 bridgehead atoms. The lowest BCUT2D eigenvalue weighted by Crippen LogP contribution is -2.42. The molecule has 25 heavy (non-hydrogen) atoms. The monoisotopic (exact) mass is 370 g/mol. The summed E-state index contributed by atoms with van der Waals surface area (Å²) >= 11 is 6.24. The summed E-state index contributed by atoms with van der Waals surface area (Å²) in [6, 6.07) is 5.35. The fourth-order valence-corrected chi connectivity index (χ4v) is 2.71. The molecule has 1 aromatic carbocycles. The van der Waals surface area contributed by atoms with Gasteiger partial charge in [-0.1, -0.05) is 17.7 Å². The number of ether oxygens (including phenoxy) is 3. The number of hydrogen-bond acceptors (Lipinski definition) is 6. The van der Waals surface area contributed by atoms with E-state index in [-0.39, 0.29) is 13.2 Å². The zero-order valence-electron chi connectivity index (χ0n) is 14.4. The van der Waals surface area contributed by atoms with E-state index >= 15 is 0 Å². The number of halogens is 1. The zero-order valence-corrected chi connectivity index (χ0v) is 15.2. The SMILES string of the molecule is CCOC(Cc1ccc(OCCNC)c(Cl)c1)C(=O)N1CCOC1=O. The number of benzene rings is 1. The molecule has 1 atom stereocenters. The zero-order chi connectivity index (χ0) is 18.2. The van der Waals surface area contributed by atoms with Gasteiger partial charge in [0, 0.05) is 19.6 Å². The van der Waals surface area contributed by atoms with Crippen LogP contribution in [0.2, 0.25) is 5.02 Å². The third kappa shape index (κ3) is 5.32. The maximum atomic E-state index is 12.5. The van der Waals surface area contributed by atoms with E-state index < -0.39 is 18.1 Å². The summed E-state index contributed by atoms with van der Waals surface area (Å²) in [5.41, 5.74) is 0.824. The van der Waals surface area contributed by atoms with E-state index in [0.717, 1.165) is 10.5 Å². The van der Waals surface area contributed by atoms with Crippen LogP contribution in [0.25, 0.3) is 0 Å². The first-order valence-electron chi connectivity index (χ1n) is 8.22. The third-order valence-electron chi connectivity index (χ3n) is 3.70. The third-order valence-corrected chi connectivity index (χ3v) is 3.99. The molecule has 1 fully saturated rings. The highest BCUT2D eigenvalue weighted by Crippen LogP contribution is 2.26. The highest BCUT2D eigenvalue weighted by atomic mass is 35.5. The summed E-state index contributed by atoms with van der Waals surface area (Å²) in [7, 11) is 1.84. The van der Waals surface area contributed by atoms with Crippen molar-refractivity contribution in [3.8, 4) is 5.75 Å². The number of carbonyl (C=O) groups excluding carboxylic acids is 2. The van der Waals surface area contributed by atoms with Crippen molar-refractivity contribution in [2.75, 3.05) is 40.0 Å². The molecule has 0 saturated carbocycles. The molecular formula is C17H23ClN2O5. The van der Waals surface area contributed by atoms with Gasteiger partial charge in [0.2, 0.25) is 0 Å². The molecule has 1 unspecified atom stereocenters. The molecule has 8 heteroatoms. The van der Waals surface area contributed by atoms with Crippen LogP contribution in [0.5, 0.6) is 5.75 Å². The number of imide groups is 1. The van der Waals surface area contributed by atoms with E-state index in [2.05, 4.69) is 5.32 Å². The molecule has 0 aromatic heterocycles. The predicted octanol–water partition coefficient (Wildman–Crippen LogP) is 1.86. The quantitative estimate of drug-likeness (QED) is 0.669. The van der Waals surface area contributed by atoms with Gasteiger partial charge in [0.1, 0.15) is 25.1 Å². The van der Waals surface area contributed by atoms with Gasteiger partial charge >= 0.3 is 6.09 Å². The Morgan fingerprint density at radius 1 is 1.48 bits per heavy atom. The van der Waals surface area contributed by atoms with Crippen molar-refractivity contribution in [2.45, 2.75) is 19.4 Å². The number of nitrogens with one attached hydrogen (secondary N) is 1. The lowest BCUT2D eigenvalue weighted by Gasteiger charge is -2.20. The summed E-state index contributed by atoms with van der Waals surface area (Å²) in [6.45, 7) is 3.85. The van der Waals surface area contributed by atoms with Crippen LogP contribution in [0.15, 0.2) is 18.2 Å². The lowest BCUT2D eigenvalue weighted by atomic mass is 10.1. The normalized spacial score (nSPS) is 15.2. The van der Waals surface area contributed by atoms with Crippen LogP contribution in [0, 0.1) is 0 Å². The average Bonchev–Trinajstić information content (AvgIpc) is 3.02. The van der Waals surface area contributed by atoms with Gasteiger partial charge in [-0.05, 0) is 31.7 Å². The number of likely N-dealkylation sites (N-methyl/N-ethyl adjacent to an activating group) is 1. The Bertz CT molecular complexity index is 611. The summed E-state index contributed by atoms with van der Waals surface area (Å²) in [5.74, 6) is 0.192. The molecule has 138 valence electrons. The van der Waals surface area contributed by atoms with Crippen LogP contribution in [0.1, 0.15) is 12.5 Å². The van der Waals surface area contributed by atoms with E-state index in [0.29, 0.717) is 37.0 Å². The Kier molecular flexibility index (Phi) is 7.49. The van der Waals surface area contributed by atoms with Crippen molar-refractivity contribution >= 4 is 23.6 Å². The maximum Gasteiger partial charge on any atom is 0.416 e. The van der Waals surface area contributed by atoms with Gasteiger partial charge in [-0.25, -0.2) is 9.69 Å². The number of cyclic esters (lactones) is 1. The molecular weight excluding hydrogens is 348 g/mol. The van der Waals surface area contributed by atoms with Crippen LogP contribution in [0.4, 0.5) is 4.79 Å². The van der Waals surface area contributed by atoms with E-state index in [9.17, 15) is 9.59 Å². The minimum absolute atomic E-state index is 0.216. The van der Waals surface area contributed by atoms with E-state index in [4.69, 9.17) is 25.8 Å². The molecule has 0 aliphatic carbocycles. The number of amides is 2. The average molecular weight is 371 g/mol. The fraction of sp³-hybridized carbons (Fsp3) is 0.529. The molecule has 1 aliphatic rings. The largest absolute Gasteiger partial charge is 0.491 e. The minimum atomic E-state index is -0.761. The van der Waals surface area contributed by atoms with E-state index in [1.165, 1.54) is 0 Å². The van der Waals surface area contributed by atoms with Crippen molar-refractivity contribution in [3.05, 3.63) is 28.8 Å². The van der Waals surface area contributed by atoms with Gasteiger partial charge in [0.25, 0.3) is 5.91 Å². The second-order valence-corrected chi connectivity index (χ2v) is 5.88. The molecule has 2 rings (SSSR count). The van der Waals surface area contributed by atoms with Crippen LogP contribution >= 0.6 is 11.6 Å². The van der Waals surface area contributed by atoms with Gasteiger partial charge < -0.3 is 19.5 Å². The number of carbonyl (C=O) groups is 2. The Labute approximate surface area is 152 Å². The number of nitrogens with zero attached hydrogens (tertiary/aromatic N) is 1.